The molecular weight excluding hydrogens is 396 g/mol. The van der Waals surface area contributed by atoms with Crippen molar-refractivity contribution >= 4 is 23.2 Å². The van der Waals surface area contributed by atoms with Crippen LogP contribution in [-0.2, 0) is 9.59 Å². The molecule has 31 heavy (non-hydrogen) atoms. The quantitative estimate of drug-likeness (QED) is 0.575. The zero-order valence-corrected chi connectivity index (χ0v) is 17.3. The number of dihydropyridines is 1. The fraction of sp³-hybridized carbons (Fsp3) is 0.261. The molecule has 0 saturated heterocycles. The van der Waals surface area contributed by atoms with Gasteiger partial charge in [-0.1, -0.05) is 18.2 Å². The lowest BCUT2D eigenvalue weighted by molar-refractivity contribution is -0.384. The van der Waals surface area contributed by atoms with Crippen molar-refractivity contribution in [2.24, 2.45) is 0 Å². The van der Waals surface area contributed by atoms with Gasteiger partial charge in [-0.15, -0.1) is 0 Å². The molecule has 1 aliphatic carbocycles. The topological polar surface area (TPSA) is 114 Å². The van der Waals surface area contributed by atoms with E-state index in [2.05, 4.69) is 15.6 Å². The Hall–Kier alpha value is -3.81. The fourth-order valence-corrected chi connectivity index (χ4v) is 4.13. The van der Waals surface area contributed by atoms with E-state index in [4.69, 9.17) is 0 Å². The molecular formula is C23H22N4O4. The Balaban J connectivity index is 1.77. The van der Waals surface area contributed by atoms with Gasteiger partial charge in [-0.3, -0.25) is 19.7 Å². The third kappa shape index (κ3) is 3.96. The summed E-state index contributed by atoms with van der Waals surface area (Å²) in [4.78, 5) is 41.0. The standard InChI is InChI=1S/C23H22N4O4/c1-13-6-11-19(24-12-13)26-23(29)20-14(2)25-17-4-3-5-18(28)22(17)21(20)15-7-9-16(10-8-15)27(30)31/h6-12,21,25H,3-5H2,1-2H3,(H,24,26,29). The highest BCUT2D eigenvalue weighted by atomic mass is 16.6. The monoisotopic (exact) mass is 418 g/mol. The average molecular weight is 418 g/mol. The number of hydrogen-bond donors (Lipinski definition) is 2. The van der Waals surface area contributed by atoms with Gasteiger partial charge >= 0.3 is 0 Å². The summed E-state index contributed by atoms with van der Waals surface area (Å²) in [5.74, 6) is -0.568. The van der Waals surface area contributed by atoms with Crippen LogP contribution in [0.3, 0.4) is 0 Å². The number of benzene rings is 1. The summed E-state index contributed by atoms with van der Waals surface area (Å²) < 4.78 is 0. The number of aromatic nitrogens is 1. The van der Waals surface area contributed by atoms with E-state index in [-0.39, 0.29) is 17.4 Å². The largest absolute Gasteiger partial charge is 0.362 e. The molecule has 0 spiro atoms. The maximum atomic E-state index is 13.3. The van der Waals surface area contributed by atoms with Crippen LogP contribution in [0.4, 0.5) is 11.5 Å². The number of carbonyl (C=O) groups excluding carboxylic acids is 2. The van der Waals surface area contributed by atoms with Gasteiger partial charge in [-0.2, -0.15) is 0 Å². The van der Waals surface area contributed by atoms with Crippen molar-refractivity contribution in [3.8, 4) is 0 Å². The van der Waals surface area contributed by atoms with Crippen LogP contribution in [0.2, 0.25) is 0 Å². The van der Waals surface area contributed by atoms with Gasteiger partial charge in [0.1, 0.15) is 5.82 Å². The number of nitro benzene ring substituents is 1. The van der Waals surface area contributed by atoms with E-state index in [1.807, 2.05) is 13.0 Å². The van der Waals surface area contributed by atoms with Crippen LogP contribution in [0.25, 0.3) is 0 Å². The molecule has 1 amide bonds. The highest BCUT2D eigenvalue weighted by Gasteiger charge is 2.38. The highest BCUT2D eigenvalue weighted by Crippen LogP contribution is 2.42. The first-order valence-electron chi connectivity index (χ1n) is 10.1. The molecule has 0 bridgehead atoms. The van der Waals surface area contributed by atoms with Crippen LogP contribution in [0.15, 0.2) is 65.1 Å². The Morgan fingerprint density at radius 2 is 1.90 bits per heavy atom. The second kappa shape index (κ2) is 8.14. The van der Waals surface area contributed by atoms with Gasteiger partial charge in [-0.25, -0.2) is 4.98 Å². The summed E-state index contributed by atoms with van der Waals surface area (Å²) in [5, 5.41) is 17.1. The summed E-state index contributed by atoms with van der Waals surface area (Å²) in [5.41, 5.74) is 4.04. The molecule has 158 valence electrons. The zero-order chi connectivity index (χ0) is 22.1. The maximum Gasteiger partial charge on any atom is 0.269 e. The Morgan fingerprint density at radius 3 is 2.55 bits per heavy atom. The Labute approximate surface area is 179 Å². The molecule has 1 aliphatic heterocycles. The molecule has 2 aromatic rings. The van der Waals surface area contributed by atoms with Crippen LogP contribution >= 0.6 is 0 Å². The zero-order valence-electron chi connectivity index (χ0n) is 17.3. The normalized spacial score (nSPS) is 18.4. The number of non-ortho nitro benzene ring substituents is 1. The first-order chi connectivity index (χ1) is 14.8. The molecule has 1 unspecified atom stereocenters. The summed E-state index contributed by atoms with van der Waals surface area (Å²) in [6, 6.07) is 9.60. The first-order valence-corrected chi connectivity index (χ1v) is 10.1. The van der Waals surface area contributed by atoms with E-state index in [9.17, 15) is 19.7 Å². The van der Waals surface area contributed by atoms with E-state index in [1.54, 1.807) is 31.3 Å². The lowest BCUT2D eigenvalue weighted by Crippen LogP contribution is -2.35. The van der Waals surface area contributed by atoms with Gasteiger partial charge < -0.3 is 10.6 Å². The summed E-state index contributed by atoms with van der Waals surface area (Å²) >= 11 is 0. The number of allylic oxidation sites excluding steroid dienone is 3. The third-order valence-corrected chi connectivity index (χ3v) is 5.61. The van der Waals surface area contributed by atoms with Gasteiger partial charge in [0, 0.05) is 53.2 Å². The number of carbonyl (C=O) groups is 2. The minimum Gasteiger partial charge on any atom is -0.362 e. The number of amides is 1. The molecule has 8 heteroatoms. The van der Waals surface area contributed by atoms with Crippen molar-refractivity contribution in [2.45, 2.75) is 39.0 Å². The molecule has 0 fully saturated rings. The van der Waals surface area contributed by atoms with E-state index >= 15 is 0 Å². The number of aryl methyl sites for hydroxylation is 1. The van der Waals surface area contributed by atoms with Gasteiger partial charge in [0.25, 0.3) is 11.6 Å². The second-order valence-corrected chi connectivity index (χ2v) is 7.79. The number of ketones is 1. The van der Waals surface area contributed by atoms with Crippen molar-refractivity contribution in [1.82, 2.24) is 10.3 Å². The van der Waals surface area contributed by atoms with E-state index < -0.39 is 10.8 Å². The molecule has 1 aromatic heterocycles. The average Bonchev–Trinajstić information content (AvgIpc) is 2.74. The van der Waals surface area contributed by atoms with Crippen molar-refractivity contribution in [3.63, 3.8) is 0 Å². The van der Waals surface area contributed by atoms with Crippen molar-refractivity contribution in [1.29, 1.82) is 0 Å². The van der Waals surface area contributed by atoms with E-state index in [1.165, 1.54) is 12.1 Å². The molecule has 2 heterocycles. The van der Waals surface area contributed by atoms with Crippen molar-refractivity contribution in [3.05, 3.63) is 86.4 Å². The van der Waals surface area contributed by atoms with Gasteiger partial charge in [0.2, 0.25) is 0 Å². The summed E-state index contributed by atoms with van der Waals surface area (Å²) in [7, 11) is 0. The smallest absolute Gasteiger partial charge is 0.269 e. The number of anilines is 1. The maximum absolute atomic E-state index is 13.3. The van der Waals surface area contributed by atoms with Gasteiger partial charge in [-0.05, 0) is 43.9 Å². The van der Waals surface area contributed by atoms with Crippen LogP contribution in [0.5, 0.6) is 0 Å². The van der Waals surface area contributed by atoms with Crippen LogP contribution < -0.4 is 10.6 Å². The minimum absolute atomic E-state index is 0.0108. The second-order valence-electron chi connectivity index (χ2n) is 7.79. The van der Waals surface area contributed by atoms with Crippen LogP contribution in [0, 0.1) is 17.0 Å². The Kier molecular flexibility index (Phi) is 5.37. The van der Waals surface area contributed by atoms with E-state index in [0.29, 0.717) is 34.6 Å². The van der Waals surface area contributed by atoms with E-state index in [0.717, 1.165) is 24.1 Å². The molecule has 2 aliphatic rings. The van der Waals surface area contributed by atoms with Crippen molar-refractivity contribution < 1.29 is 14.5 Å². The number of nitro groups is 1. The molecule has 2 N–H and O–H groups in total. The SMILES string of the molecule is CC1=C(C(=O)Nc2ccc(C)cn2)C(c2ccc([N+](=O)[O-])cc2)C2=C(CCCC2=O)N1. The molecule has 8 nitrogen and oxygen atoms in total. The lowest BCUT2D eigenvalue weighted by Gasteiger charge is -2.34. The predicted molar refractivity (Wildman–Crippen MR) is 115 cm³/mol. The first kappa shape index (κ1) is 20.5. The van der Waals surface area contributed by atoms with Crippen LogP contribution in [0.1, 0.15) is 43.2 Å². The summed E-state index contributed by atoms with van der Waals surface area (Å²) in [6.07, 6.45) is 3.54. The number of rotatable bonds is 4. The molecule has 1 aromatic carbocycles. The summed E-state index contributed by atoms with van der Waals surface area (Å²) in [6.45, 7) is 3.71. The van der Waals surface area contributed by atoms with Crippen LogP contribution in [-0.4, -0.2) is 21.6 Å². The van der Waals surface area contributed by atoms with Gasteiger partial charge in [0.15, 0.2) is 5.78 Å². The molecule has 0 radical (unpaired) electrons. The number of nitrogens with one attached hydrogen (secondary N) is 2. The lowest BCUT2D eigenvalue weighted by atomic mass is 9.75. The number of pyridine rings is 1. The molecule has 4 rings (SSSR count). The molecule has 1 atom stereocenters. The number of nitrogens with zero attached hydrogens (tertiary/aromatic N) is 2. The predicted octanol–water partition coefficient (Wildman–Crippen LogP) is 3.90. The molecule has 0 saturated carbocycles. The number of Topliss-reactive ketones (excluding diaryl/α,β-unsaturated/α-hetero) is 1. The third-order valence-electron chi connectivity index (χ3n) is 5.61. The minimum atomic E-state index is -0.602. The Bertz CT molecular complexity index is 1130. The van der Waals surface area contributed by atoms with Crippen molar-refractivity contribution in [2.75, 3.05) is 5.32 Å². The van der Waals surface area contributed by atoms with Gasteiger partial charge in [0.05, 0.1) is 4.92 Å². The highest BCUT2D eigenvalue weighted by molar-refractivity contribution is 6.09. The number of hydrogen-bond acceptors (Lipinski definition) is 6. The Morgan fingerprint density at radius 1 is 1.16 bits per heavy atom. The fourth-order valence-electron chi connectivity index (χ4n) is 4.13.